The van der Waals surface area contributed by atoms with Crippen LogP contribution in [0.3, 0.4) is 0 Å². The van der Waals surface area contributed by atoms with Crippen LogP contribution in [0.5, 0.6) is 0 Å². The first kappa shape index (κ1) is 13.2. The molecule has 0 saturated heterocycles. The maximum absolute atomic E-state index is 10.2. The lowest BCUT2D eigenvalue weighted by molar-refractivity contribution is -0.0216. The van der Waals surface area contributed by atoms with Gasteiger partial charge in [0.1, 0.15) is 6.61 Å². The minimum absolute atomic E-state index is 0.157. The molecule has 0 rings (SSSR count). The fourth-order valence-electron chi connectivity index (χ4n) is 1.14. The van der Waals surface area contributed by atoms with Crippen molar-refractivity contribution in [3.63, 3.8) is 0 Å². The molecule has 0 atom stereocenters. The lowest BCUT2D eigenvalue weighted by Gasteiger charge is -2.28. The van der Waals surface area contributed by atoms with Crippen molar-refractivity contribution in [1.82, 2.24) is 0 Å². The molecule has 3 N–H and O–H groups in total. The lowest BCUT2D eigenvalue weighted by atomic mass is 9.85. The predicted molar refractivity (Wildman–Crippen MR) is 50.1 cm³/mol. The summed E-state index contributed by atoms with van der Waals surface area (Å²) in [5.41, 5.74) is -0.825. The zero-order valence-corrected chi connectivity index (χ0v) is 8.40. The van der Waals surface area contributed by atoms with Crippen molar-refractivity contribution >= 4 is 6.16 Å². The van der Waals surface area contributed by atoms with Crippen LogP contribution in [0.2, 0.25) is 0 Å². The third-order valence-electron chi connectivity index (χ3n) is 2.23. The number of carboxylic acid groups (broad SMARTS) is 1. The first-order valence-corrected chi connectivity index (χ1v) is 4.67. The standard InChI is InChI=1S/C9H18O5/c1-2-3-4-9(5-10,6-11)7-14-8(12)13/h10-11H,2-7H2,1H3,(H,12,13). The molecule has 5 nitrogen and oxygen atoms in total. The molecule has 0 aromatic rings. The van der Waals surface area contributed by atoms with Crippen LogP contribution in [0.1, 0.15) is 26.2 Å². The SMILES string of the molecule is CCCCC(CO)(CO)COC(=O)O. The number of aliphatic hydroxyl groups excluding tert-OH is 2. The summed E-state index contributed by atoms with van der Waals surface area (Å²) in [6.07, 6.45) is 0.927. The van der Waals surface area contributed by atoms with Crippen LogP contribution in [0.15, 0.2) is 0 Å². The molecule has 0 unspecified atom stereocenters. The average molecular weight is 206 g/mol. The van der Waals surface area contributed by atoms with Crippen LogP contribution < -0.4 is 0 Å². The highest BCUT2D eigenvalue weighted by Crippen LogP contribution is 2.24. The fourth-order valence-corrected chi connectivity index (χ4v) is 1.14. The molecule has 0 aromatic carbocycles. The Morgan fingerprint density at radius 1 is 1.36 bits per heavy atom. The third-order valence-corrected chi connectivity index (χ3v) is 2.23. The number of carbonyl (C=O) groups is 1. The van der Waals surface area contributed by atoms with E-state index in [9.17, 15) is 4.79 Å². The van der Waals surface area contributed by atoms with Crippen LogP contribution >= 0.6 is 0 Å². The lowest BCUT2D eigenvalue weighted by Crippen LogP contribution is -2.35. The summed E-state index contributed by atoms with van der Waals surface area (Å²) in [6, 6.07) is 0. The van der Waals surface area contributed by atoms with Gasteiger partial charge in [-0.25, -0.2) is 4.79 Å². The van der Waals surface area contributed by atoms with Gasteiger partial charge in [0.15, 0.2) is 0 Å². The number of aliphatic hydroxyl groups is 2. The quantitative estimate of drug-likeness (QED) is 0.537. The second kappa shape index (κ2) is 6.62. The predicted octanol–water partition coefficient (Wildman–Crippen LogP) is 0.842. The highest BCUT2D eigenvalue weighted by Gasteiger charge is 2.30. The summed E-state index contributed by atoms with van der Waals surface area (Å²) in [5.74, 6) is 0. The summed E-state index contributed by atoms with van der Waals surface area (Å²) in [7, 11) is 0. The van der Waals surface area contributed by atoms with Crippen LogP contribution in [0.25, 0.3) is 0 Å². The highest BCUT2D eigenvalue weighted by molar-refractivity contribution is 5.56. The Hall–Kier alpha value is -0.810. The maximum atomic E-state index is 10.2. The van der Waals surface area contributed by atoms with E-state index in [2.05, 4.69) is 4.74 Å². The Kier molecular flexibility index (Phi) is 6.23. The molecule has 0 amide bonds. The average Bonchev–Trinajstić information content (AvgIpc) is 2.19. The Morgan fingerprint density at radius 2 is 1.93 bits per heavy atom. The molecule has 84 valence electrons. The molecule has 0 aliphatic carbocycles. The van der Waals surface area contributed by atoms with Crippen molar-refractivity contribution in [3.8, 4) is 0 Å². The smallest absolute Gasteiger partial charge is 0.450 e. The molecular formula is C9H18O5. The summed E-state index contributed by atoms with van der Waals surface area (Å²) < 4.78 is 4.38. The van der Waals surface area contributed by atoms with Crippen molar-refractivity contribution in [2.24, 2.45) is 5.41 Å². The fraction of sp³-hybridized carbons (Fsp3) is 0.889. The number of rotatable bonds is 7. The molecule has 0 aliphatic rings. The molecule has 0 aliphatic heterocycles. The van der Waals surface area contributed by atoms with Gasteiger partial charge in [-0.3, -0.25) is 0 Å². The summed E-state index contributed by atoms with van der Waals surface area (Å²) in [4.78, 5) is 10.2. The minimum Gasteiger partial charge on any atom is -0.450 e. The van der Waals surface area contributed by atoms with Gasteiger partial charge in [-0.2, -0.15) is 0 Å². The molecular weight excluding hydrogens is 188 g/mol. The van der Waals surface area contributed by atoms with Crippen LogP contribution in [0, 0.1) is 5.41 Å². The molecule has 0 saturated carbocycles. The minimum atomic E-state index is -1.38. The second-order valence-electron chi connectivity index (χ2n) is 3.47. The Labute approximate surface area is 83.3 Å². The van der Waals surface area contributed by atoms with Gasteiger partial charge in [0.05, 0.1) is 18.6 Å². The van der Waals surface area contributed by atoms with E-state index < -0.39 is 11.6 Å². The van der Waals surface area contributed by atoms with Gasteiger partial charge < -0.3 is 20.1 Å². The molecule has 0 heterocycles. The summed E-state index contributed by atoms with van der Waals surface area (Å²) in [6.45, 7) is 1.29. The van der Waals surface area contributed by atoms with Gasteiger partial charge >= 0.3 is 6.16 Å². The van der Waals surface area contributed by atoms with E-state index in [4.69, 9.17) is 15.3 Å². The van der Waals surface area contributed by atoms with E-state index in [0.29, 0.717) is 6.42 Å². The van der Waals surface area contributed by atoms with Crippen molar-refractivity contribution in [1.29, 1.82) is 0 Å². The van der Waals surface area contributed by atoms with Gasteiger partial charge in [0.2, 0.25) is 0 Å². The van der Waals surface area contributed by atoms with Gasteiger partial charge in [-0.05, 0) is 6.42 Å². The van der Waals surface area contributed by atoms with E-state index in [1.165, 1.54) is 0 Å². The topological polar surface area (TPSA) is 87.0 Å². The zero-order chi connectivity index (χ0) is 11.0. The van der Waals surface area contributed by atoms with Crippen molar-refractivity contribution in [2.75, 3.05) is 19.8 Å². The van der Waals surface area contributed by atoms with Crippen molar-refractivity contribution < 1.29 is 24.9 Å². The van der Waals surface area contributed by atoms with Crippen LogP contribution in [-0.4, -0.2) is 41.3 Å². The largest absolute Gasteiger partial charge is 0.505 e. The molecule has 0 aromatic heterocycles. The molecule has 0 fully saturated rings. The van der Waals surface area contributed by atoms with Gasteiger partial charge in [-0.1, -0.05) is 19.8 Å². The van der Waals surface area contributed by atoms with Crippen LogP contribution in [0.4, 0.5) is 4.79 Å². The first-order valence-electron chi connectivity index (χ1n) is 4.67. The third kappa shape index (κ3) is 4.43. The monoisotopic (exact) mass is 206 g/mol. The van der Waals surface area contributed by atoms with E-state index in [1.807, 2.05) is 6.92 Å². The van der Waals surface area contributed by atoms with Crippen LogP contribution in [-0.2, 0) is 4.74 Å². The highest BCUT2D eigenvalue weighted by atomic mass is 16.7. The molecule has 14 heavy (non-hydrogen) atoms. The summed E-state index contributed by atoms with van der Waals surface area (Å²) >= 11 is 0. The van der Waals surface area contributed by atoms with Gasteiger partial charge in [-0.15, -0.1) is 0 Å². The second-order valence-corrected chi connectivity index (χ2v) is 3.47. The Bertz CT molecular complexity index is 165. The normalized spacial score (nSPS) is 11.4. The maximum Gasteiger partial charge on any atom is 0.505 e. The molecule has 0 spiro atoms. The first-order chi connectivity index (χ1) is 6.60. The Morgan fingerprint density at radius 3 is 2.29 bits per heavy atom. The van der Waals surface area contributed by atoms with E-state index in [-0.39, 0.29) is 19.8 Å². The zero-order valence-electron chi connectivity index (χ0n) is 8.40. The molecule has 0 radical (unpaired) electrons. The van der Waals surface area contributed by atoms with Crippen molar-refractivity contribution in [2.45, 2.75) is 26.2 Å². The Balaban J connectivity index is 4.13. The number of unbranched alkanes of at least 4 members (excludes halogenated alkanes) is 1. The van der Waals surface area contributed by atoms with E-state index >= 15 is 0 Å². The molecule has 5 heteroatoms. The van der Waals surface area contributed by atoms with Crippen molar-refractivity contribution in [3.05, 3.63) is 0 Å². The number of hydrogen-bond donors (Lipinski definition) is 3. The summed E-state index contributed by atoms with van der Waals surface area (Å²) in [5, 5.41) is 26.5. The van der Waals surface area contributed by atoms with Gasteiger partial charge in [0, 0.05) is 0 Å². The number of hydrogen-bond acceptors (Lipinski definition) is 4. The van der Waals surface area contributed by atoms with E-state index in [1.54, 1.807) is 0 Å². The number of ether oxygens (including phenoxy) is 1. The molecule has 0 bridgehead atoms. The van der Waals surface area contributed by atoms with E-state index in [0.717, 1.165) is 12.8 Å². The van der Waals surface area contributed by atoms with Gasteiger partial charge in [0.25, 0.3) is 0 Å².